The largest absolute Gasteiger partial charge is 0.336 e. The third-order valence-electron chi connectivity index (χ3n) is 4.34. The van der Waals surface area contributed by atoms with Gasteiger partial charge >= 0.3 is 0 Å². The zero-order valence-electron chi connectivity index (χ0n) is 11.3. The summed E-state index contributed by atoms with van der Waals surface area (Å²) in [7, 11) is 0. The second-order valence-corrected chi connectivity index (χ2v) is 5.50. The maximum Gasteiger partial charge on any atom is 0.247 e. The minimum atomic E-state index is -0.260. The molecule has 1 aromatic rings. The summed E-state index contributed by atoms with van der Waals surface area (Å²) in [6.45, 7) is 3.86. The Labute approximate surface area is 113 Å². The average Bonchev–Trinajstić information content (AvgIpc) is 3.15. The first-order chi connectivity index (χ1) is 9.27. The number of hydrogen-bond donors (Lipinski definition) is 1. The van der Waals surface area contributed by atoms with Gasteiger partial charge in [0.25, 0.3) is 0 Å². The minimum Gasteiger partial charge on any atom is -0.336 e. The van der Waals surface area contributed by atoms with E-state index in [-0.39, 0.29) is 11.9 Å². The third-order valence-corrected chi connectivity index (χ3v) is 4.34. The van der Waals surface area contributed by atoms with Crippen molar-refractivity contribution in [3.05, 3.63) is 12.7 Å². The lowest BCUT2D eigenvalue weighted by molar-refractivity contribution is -0.135. The van der Waals surface area contributed by atoms with Crippen LogP contribution in [-0.2, 0) is 4.79 Å². The van der Waals surface area contributed by atoms with Crippen LogP contribution in [0.2, 0.25) is 0 Å². The summed E-state index contributed by atoms with van der Waals surface area (Å²) in [5.41, 5.74) is 0. The Balaban J connectivity index is 1.71. The number of carbonyl (C=O) groups excluding carboxylic acids is 1. The first-order valence-electron chi connectivity index (χ1n) is 7.15. The lowest BCUT2D eigenvalue weighted by atomic mass is 10.0. The number of hydrogen-bond acceptors (Lipinski definition) is 4. The molecule has 6 heteroatoms. The molecular formula is C13H21N5O. The van der Waals surface area contributed by atoms with Crippen LogP contribution in [-0.4, -0.2) is 50.7 Å². The predicted octanol–water partition coefficient (Wildman–Crippen LogP) is 0.582. The summed E-state index contributed by atoms with van der Waals surface area (Å²) >= 11 is 0. The standard InChI is InChI=1S/C13H21N5O/c1-10(18-9-14-8-16-18)13(19)17-7-3-5-12(17)11-4-2-6-15-11/h8-12,15H,2-7H2,1H3. The molecule has 0 bridgehead atoms. The molecule has 0 radical (unpaired) electrons. The van der Waals surface area contributed by atoms with Crippen molar-refractivity contribution < 1.29 is 4.79 Å². The first kappa shape index (κ1) is 12.6. The molecule has 0 aromatic carbocycles. The Morgan fingerprint density at radius 1 is 1.42 bits per heavy atom. The van der Waals surface area contributed by atoms with Crippen LogP contribution in [0.3, 0.4) is 0 Å². The van der Waals surface area contributed by atoms with Crippen LogP contribution in [0.5, 0.6) is 0 Å². The fourth-order valence-corrected chi connectivity index (χ4v) is 3.29. The number of nitrogens with one attached hydrogen (secondary N) is 1. The maximum absolute atomic E-state index is 12.6. The molecule has 104 valence electrons. The van der Waals surface area contributed by atoms with E-state index in [9.17, 15) is 4.79 Å². The van der Waals surface area contributed by atoms with Gasteiger partial charge in [-0.05, 0) is 39.2 Å². The van der Waals surface area contributed by atoms with Gasteiger partial charge in [-0.1, -0.05) is 0 Å². The average molecular weight is 263 g/mol. The quantitative estimate of drug-likeness (QED) is 0.866. The number of amides is 1. The number of aromatic nitrogens is 3. The summed E-state index contributed by atoms with van der Waals surface area (Å²) < 4.78 is 1.64. The van der Waals surface area contributed by atoms with Gasteiger partial charge in [-0.2, -0.15) is 5.10 Å². The van der Waals surface area contributed by atoms with Crippen LogP contribution >= 0.6 is 0 Å². The zero-order chi connectivity index (χ0) is 13.2. The molecule has 3 atom stereocenters. The van der Waals surface area contributed by atoms with Crippen LogP contribution < -0.4 is 5.32 Å². The number of carbonyl (C=O) groups is 1. The molecule has 2 fully saturated rings. The van der Waals surface area contributed by atoms with Crippen molar-refractivity contribution in [1.82, 2.24) is 25.0 Å². The highest BCUT2D eigenvalue weighted by Crippen LogP contribution is 2.26. The summed E-state index contributed by atoms with van der Waals surface area (Å²) in [5, 5.41) is 7.60. The van der Waals surface area contributed by atoms with Crippen molar-refractivity contribution in [1.29, 1.82) is 0 Å². The molecule has 3 heterocycles. The lowest BCUT2D eigenvalue weighted by Crippen LogP contribution is -2.48. The molecule has 2 aliphatic rings. The van der Waals surface area contributed by atoms with E-state index >= 15 is 0 Å². The summed E-state index contributed by atoms with van der Waals surface area (Å²) in [5.74, 6) is 0.168. The second kappa shape index (κ2) is 5.28. The van der Waals surface area contributed by atoms with Crippen molar-refractivity contribution in [2.45, 2.75) is 50.7 Å². The lowest BCUT2D eigenvalue weighted by Gasteiger charge is -2.31. The fraction of sp³-hybridized carbons (Fsp3) is 0.769. The van der Waals surface area contributed by atoms with Crippen LogP contribution in [0, 0.1) is 0 Å². The normalized spacial score (nSPS) is 28.8. The van der Waals surface area contributed by atoms with Crippen LogP contribution in [0.15, 0.2) is 12.7 Å². The van der Waals surface area contributed by atoms with Crippen molar-refractivity contribution >= 4 is 5.91 Å². The highest BCUT2D eigenvalue weighted by Gasteiger charge is 2.37. The summed E-state index contributed by atoms with van der Waals surface area (Å²) in [4.78, 5) is 18.6. The highest BCUT2D eigenvalue weighted by molar-refractivity contribution is 5.80. The first-order valence-corrected chi connectivity index (χ1v) is 7.15. The van der Waals surface area contributed by atoms with Crippen molar-refractivity contribution in [3.8, 4) is 0 Å². The van der Waals surface area contributed by atoms with Gasteiger partial charge in [0, 0.05) is 18.6 Å². The Morgan fingerprint density at radius 3 is 3.00 bits per heavy atom. The Hall–Kier alpha value is -1.43. The number of nitrogens with zero attached hydrogens (tertiary/aromatic N) is 4. The van der Waals surface area contributed by atoms with Gasteiger partial charge in [0.05, 0.1) is 0 Å². The zero-order valence-corrected chi connectivity index (χ0v) is 11.3. The Morgan fingerprint density at radius 2 is 2.32 bits per heavy atom. The molecule has 1 aromatic heterocycles. The Kier molecular flexibility index (Phi) is 3.50. The van der Waals surface area contributed by atoms with Crippen molar-refractivity contribution in [3.63, 3.8) is 0 Å². The summed E-state index contributed by atoms with van der Waals surface area (Å²) in [6, 6.07) is 0.583. The van der Waals surface area contributed by atoms with Gasteiger partial charge in [-0.25, -0.2) is 9.67 Å². The van der Waals surface area contributed by atoms with Gasteiger partial charge in [0.2, 0.25) is 5.91 Å². The van der Waals surface area contributed by atoms with Crippen LogP contribution in [0.25, 0.3) is 0 Å². The van der Waals surface area contributed by atoms with Crippen molar-refractivity contribution in [2.24, 2.45) is 0 Å². The van der Waals surface area contributed by atoms with E-state index in [0.717, 1.165) is 25.9 Å². The molecule has 19 heavy (non-hydrogen) atoms. The van der Waals surface area contributed by atoms with Gasteiger partial charge in [-0.3, -0.25) is 4.79 Å². The van der Waals surface area contributed by atoms with E-state index in [1.807, 2.05) is 6.92 Å². The molecule has 1 N–H and O–H groups in total. The molecule has 6 nitrogen and oxygen atoms in total. The number of rotatable bonds is 3. The van der Waals surface area contributed by atoms with Gasteiger partial charge in [-0.15, -0.1) is 0 Å². The highest BCUT2D eigenvalue weighted by atomic mass is 16.2. The van der Waals surface area contributed by atoms with Crippen molar-refractivity contribution in [2.75, 3.05) is 13.1 Å². The van der Waals surface area contributed by atoms with E-state index in [4.69, 9.17) is 0 Å². The molecule has 0 aliphatic carbocycles. The van der Waals surface area contributed by atoms with Gasteiger partial charge < -0.3 is 10.2 Å². The van der Waals surface area contributed by atoms with E-state index in [0.29, 0.717) is 12.1 Å². The van der Waals surface area contributed by atoms with Crippen LogP contribution in [0.4, 0.5) is 0 Å². The van der Waals surface area contributed by atoms with E-state index in [1.165, 1.54) is 19.2 Å². The molecule has 2 aliphatic heterocycles. The molecule has 1 amide bonds. The predicted molar refractivity (Wildman–Crippen MR) is 70.5 cm³/mol. The molecule has 3 rings (SSSR count). The fourth-order valence-electron chi connectivity index (χ4n) is 3.29. The monoisotopic (exact) mass is 263 g/mol. The second-order valence-electron chi connectivity index (χ2n) is 5.50. The molecule has 2 saturated heterocycles. The maximum atomic E-state index is 12.6. The molecule has 0 saturated carbocycles. The van der Waals surface area contributed by atoms with E-state index in [1.54, 1.807) is 11.0 Å². The number of likely N-dealkylation sites (tertiary alicyclic amines) is 1. The smallest absolute Gasteiger partial charge is 0.247 e. The molecule has 3 unspecified atom stereocenters. The molecule has 0 spiro atoms. The van der Waals surface area contributed by atoms with Crippen LogP contribution in [0.1, 0.15) is 38.6 Å². The SMILES string of the molecule is CC(C(=O)N1CCCC1C1CCCN1)n1cncn1. The summed E-state index contributed by atoms with van der Waals surface area (Å²) in [6.07, 6.45) is 7.73. The minimum absolute atomic E-state index is 0.168. The third kappa shape index (κ3) is 2.36. The van der Waals surface area contributed by atoms with Gasteiger partial charge in [0.15, 0.2) is 0 Å². The van der Waals surface area contributed by atoms with E-state index in [2.05, 4.69) is 20.3 Å². The van der Waals surface area contributed by atoms with E-state index < -0.39 is 0 Å². The molecular weight excluding hydrogens is 242 g/mol. The Bertz CT molecular complexity index is 426. The van der Waals surface area contributed by atoms with Gasteiger partial charge in [0.1, 0.15) is 18.7 Å². The topological polar surface area (TPSA) is 63.1 Å².